The van der Waals surface area contributed by atoms with Crippen LogP contribution in [0.4, 0.5) is 0 Å². The molecule has 3 aromatic rings. The topological polar surface area (TPSA) is 68.5 Å². The van der Waals surface area contributed by atoms with Crippen LogP contribution >= 0.6 is 11.3 Å². The van der Waals surface area contributed by atoms with Gasteiger partial charge in [-0.15, -0.1) is 21.5 Å². The number of aromatic nitrogens is 5. The van der Waals surface area contributed by atoms with Crippen LogP contribution in [0.5, 0.6) is 0 Å². The van der Waals surface area contributed by atoms with Crippen LogP contribution in [0.1, 0.15) is 32.2 Å². The molecule has 0 aliphatic heterocycles. The summed E-state index contributed by atoms with van der Waals surface area (Å²) in [6.07, 6.45) is 0. The normalized spacial score (nSPS) is 12.1. The van der Waals surface area contributed by atoms with E-state index < -0.39 is 0 Å². The Morgan fingerprint density at radius 3 is 2.86 bits per heavy atom. The van der Waals surface area contributed by atoms with Crippen LogP contribution in [0.2, 0.25) is 0 Å². The van der Waals surface area contributed by atoms with Crippen molar-refractivity contribution in [2.24, 2.45) is 0 Å². The zero-order valence-corrected chi connectivity index (χ0v) is 13.2. The summed E-state index contributed by atoms with van der Waals surface area (Å²) in [5.74, 6) is 0.708. The second kappa shape index (κ2) is 5.50. The van der Waals surface area contributed by atoms with Gasteiger partial charge in [-0.25, -0.2) is 4.98 Å². The fraction of sp³-hybridized carbons (Fsp3) is 0.429. The highest BCUT2D eigenvalue weighted by atomic mass is 32.1. The third kappa shape index (κ3) is 3.25. The minimum Gasteiger partial charge on any atom is -0.306 e. The Labute approximate surface area is 127 Å². The fourth-order valence-electron chi connectivity index (χ4n) is 1.93. The number of benzene rings is 1. The van der Waals surface area contributed by atoms with Gasteiger partial charge < -0.3 is 5.32 Å². The molecule has 0 unspecified atom stereocenters. The van der Waals surface area contributed by atoms with Gasteiger partial charge in [0.15, 0.2) is 5.82 Å². The molecule has 3 rings (SSSR count). The molecule has 7 heteroatoms. The summed E-state index contributed by atoms with van der Waals surface area (Å²) in [7, 11) is 0. The van der Waals surface area contributed by atoms with Crippen molar-refractivity contribution in [2.75, 3.05) is 0 Å². The molecular weight excluding hydrogens is 284 g/mol. The van der Waals surface area contributed by atoms with Gasteiger partial charge in [-0.3, -0.25) is 0 Å². The Kier molecular flexibility index (Phi) is 3.69. The maximum Gasteiger partial charge on any atom is 0.188 e. The van der Waals surface area contributed by atoms with E-state index >= 15 is 0 Å². The molecule has 0 aliphatic rings. The number of rotatable bonds is 4. The molecule has 6 nitrogen and oxygen atoms in total. The van der Waals surface area contributed by atoms with Crippen LogP contribution in [0, 0.1) is 0 Å². The van der Waals surface area contributed by atoms with Crippen molar-refractivity contribution in [1.82, 2.24) is 30.5 Å². The number of nitrogens with one attached hydrogen (secondary N) is 1. The average molecular weight is 302 g/mol. The molecule has 1 N–H and O–H groups in total. The van der Waals surface area contributed by atoms with Gasteiger partial charge in [0.05, 0.1) is 27.8 Å². The molecule has 0 amide bonds. The molecule has 21 heavy (non-hydrogen) atoms. The van der Waals surface area contributed by atoms with E-state index in [1.54, 1.807) is 16.1 Å². The SMILES string of the molecule is CC(C)(C)n1nnc(CNCc2ccc3scnc3c2)n1. The zero-order valence-electron chi connectivity index (χ0n) is 12.4. The molecule has 0 radical (unpaired) electrons. The largest absolute Gasteiger partial charge is 0.306 e. The number of hydrogen-bond donors (Lipinski definition) is 1. The Balaban J connectivity index is 1.59. The molecule has 2 heterocycles. The molecule has 0 saturated heterocycles. The molecular formula is C14H18N6S. The lowest BCUT2D eigenvalue weighted by atomic mass is 10.1. The summed E-state index contributed by atoms with van der Waals surface area (Å²) in [6.45, 7) is 7.52. The van der Waals surface area contributed by atoms with Crippen LogP contribution in [0.15, 0.2) is 23.7 Å². The molecule has 110 valence electrons. The Bertz CT molecular complexity index is 739. The first-order valence-corrected chi connectivity index (χ1v) is 7.72. The van der Waals surface area contributed by atoms with Crippen molar-refractivity contribution >= 4 is 21.6 Å². The summed E-state index contributed by atoms with van der Waals surface area (Å²) in [4.78, 5) is 5.97. The summed E-state index contributed by atoms with van der Waals surface area (Å²) in [5, 5.41) is 15.9. The smallest absolute Gasteiger partial charge is 0.188 e. The zero-order chi connectivity index (χ0) is 14.9. The van der Waals surface area contributed by atoms with Crippen molar-refractivity contribution in [2.45, 2.75) is 39.4 Å². The maximum absolute atomic E-state index is 4.38. The molecule has 0 fully saturated rings. The summed E-state index contributed by atoms with van der Waals surface area (Å²) in [5.41, 5.74) is 3.99. The van der Waals surface area contributed by atoms with E-state index in [1.165, 1.54) is 10.3 Å². The lowest BCUT2D eigenvalue weighted by Gasteiger charge is -2.15. The maximum atomic E-state index is 4.38. The van der Waals surface area contributed by atoms with E-state index in [1.807, 2.05) is 5.51 Å². The van der Waals surface area contributed by atoms with E-state index in [0.29, 0.717) is 12.4 Å². The standard InChI is InChI=1S/C14H18N6S/c1-14(2,3)20-18-13(17-19-20)8-15-7-10-4-5-12-11(6-10)16-9-21-12/h4-6,9,15H,7-8H2,1-3H3. The van der Waals surface area contributed by atoms with E-state index in [-0.39, 0.29) is 5.54 Å². The number of fused-ring (bicyclic) bond motifs is 1. The van der Waals surface area contributed by atoms with Crippen LogP contribution < -0.4 is 5.32 Å². The summed E-state index contributed by atoms with van der Waals surface area (Å²) in [6, 6.07) is 6.34. The average Bonchev–Trinajstić information content (AvgIpc) is 3.05. The van der Waals surface area contributed by atoms with Gasteiger partial charge >= 0.3 is 0 Å². The van der Waals surface area contributed by atoms with E-state index in [2.05, 4.69) is 64.7 Å². The van der Waals surface area contributed by atoms with E-state index in [4.69, 9.17) is 0 Å². The van der Waals surface area contributed by atoms with Crippen LogP contribution in [0.25, 0.3) is 10.2 Å². The van der Waals surface area contributed by atoms with Gasteiger partial charge in [0.2, 0.25) is 0 Å². The summed E-state index contributed by atoms with van der Waals surface area (Å²) < 4.78 is 1.22. The predicted octanol–water partition coefficient (Wildman–Crippen LogP) is 2.33. The van der Waals surface area contributed by atoms with Gasteiger partial charge in [0.1, 0.15) is 0 Å². The predicted molar refractivity (Wildman–Crippen MR) is 83.0 cm³/mol. The quantitative estimate of drug-likeness (QED) is 0.801. The lowest BCUT2D eigenvalue weighted by Crippen LogP contribution is -2.25. The number of hydrogen-bond acceptors (Lipinski definition) is 6. The Morgan fingerprint density at radius 1 is 1.24 bits per heavy atom. The first-order valence-electron chi connectivity index (χ1n) is 6.84. The lowest BCUT2D eigenvalue weighted by molar-refractivity contribution is 0.305. The third-order valence-corrected chi connectivity index (χ3v) is 3.87. The van der Waals surface area contributed by atoms with Crippen molar-refractivity contribution in [1.29, 1.82) is 0 Å². The Morgan fingerprint density at radius 2 is 2.10 bits per heavy atom. The van der Waals surface area contributed by atoms with E-state index in [0.717, 1.165) is 12.1 Å². The minimum atomic E-state index is -0.138. The van der Waals surface area contributed by atoms with Gasteiger partial charge in [0.25, 0.3) is 0 Å². The first kappa shape index (κ1) is 14.1. The van der Waals surface area contributed by atoms with Gasteiger partial charge in [0, 0.05) is 6.54 Å². The molecule has 1 aromatic carbocycles. The molecule has 0 saturated carbocycles. The number of tetrazole rings is 1. The first-order chi connectivity index (χ1) is 10.0. The highest BCUT2D eigenvalue weighted by Crippen LogP contribution is 2.18. The molecule has 0 spiro atoms. The van der Waals surface area contributed by atoms with Crippen molar-refractivity contribution in [3.05, 3.63) is 35.1 Å². The highest BCUT2D eigenvalue weighted by molar-refractivity contribution is 7.16. The molecule has 0 atom stereocenters. The monoisotopic (exact) mass is 302 g/mol. The number of thiazole rings is 1. The summed E-state index contributed by atoms with van der Waals surface area (Å²) >= 11 is 1.66. The second-order valence-corrected chi connectivity index (χ2v) is 6.81. The third-order valence-electron chi connectivity index (χ3n) is 3.06. The van der Waals surface area contributed by atoms with E-state index in [9.17, 15) is 0 Å². The van der Waals surface area contributed by atoms with Crippen molar-refractivity contribution in [3.8, 4) is 0 Å². The Hall–Kier alpha value is -1.86. The van der Waals surface area contributed by atoms with Gasteiger partial charge in [-0.2, -0.15) is 4.80 Å². The fourth-order valence-corrected chi connectivity index (χ4v) is 2.59. The van der Waals surface area contributed by atoms with Crippen molar-refractivity contribution in [3.63, 3.8) is 0 Å². The van der Waals surface area contributed by atoms with Crippen LogP contribution in [-0.4, -0.2) is 25.2 Å². The van der Waals surface area contributed by atoms with Gasteiger partial charge in [-0.1, -0.05) is 6.07 Å². The number of nitrogens with zero attached hydrogens (tertiary/aromatic N) is 5. The molecule has 0 aliphatic carbocycles. The molecule has 2 aromatic heterocycles. The highest BCUT2D eigenvalue weighted by Gasteiger charge is 2.16. The van der Waals surface area contributed by atoms with Gasteiger partial charge in [-0.05, 0) is 43.7 Å². The van der Waals surface area contributed by atoms with Crippen LogP contribution in [0.3, 0.4) is 0 Å². The second-order valence-electron chi connectivity index (χ2n) is 5.92. The van der Waals surface area contributed by atoms with Crippen LogP contribution in [-0.2, 0) is 18.6 Å². The minimum absolute atomic E-state index is 0.138. The molecule has 0 bridgehead atoms. The van der Waals surface area contributed by atoms with Crippen molar-refractivity contribution < 1.29 is 0 Å².